The minimum absolute atomic E-state index is 0.468. The molecule has 0 saturated carbocycles. The monoisotopic (exact) mass is 155 g/mol. The van der Waals surface area contributed by atoms with Crippen molar-refractivity contribution in [2.75, 3.05) is 6.54 Å². The number of hydrogen-bond donors (Lipinski definition) is 1. The van der Waals surface area contributed by atoms with E-state index in [9.17, 15) is 0 Å². The fourth-order valence-corrected chi connectivity index (χ4v) is 0.992. The van der Waals surface area contributed by atoms with Crippen molar-refractivity contribution in [3.05, 3.63) is 12.2 Å². The molecule has 1 heteroatoms. The lowest BCUT2D eigenvalue weighted by Gasteiger charge is -2.18. The van der Waals surface area contributed by atoms with Gasteiger partial charge < -0.3 is 5.32 Å². The second kappa shape index (κ2) is 5.36. The highest BCUT2D eigenvalue weighted by atomic mass is 14.9. The van der Waals surface area contributed by atoms with Crippen LogP contribution < -0.4 is 5.32 Å². The molecule has 0 amide bonds. The largest absolute Gasteiger partial charge is 0.311 e. The lowest BCUT2D eigenvalue weighted by molar-refractivity contribution is 0.554. The van der Waals surface area contributed by atoms with Crippen LogP contribution in [-0.2, 0) is 0 Å². The van der Waals surface area contributed by atoms with Crippen LogP contribution in [0.2, 0.25) is 0 Å². The molecular weight excluding hydrogens is 134 g/mol. The minimum atomic E-state index is 0.468. The maximum absolute atomic E-state index is 4.04. The van der Waals surface area contributed by atoms with Crippen LogP contribution in [-0.4, -0.2) is 12.6 Å². The first-order valence-electron chi connectivity index (χ1n) is 4.51. The summed E-state index contributed by atoms with van der Waals surface area (Å²) in [4.78, 5) is 0. The van der Waals surface area contributed by atoms with Gasteiger partial charge in [0.1, 0.15) is 0 Å². The minimum Gasteiger partial charge on any atom is -0.311 e. The summed E-state index contributed by atoms with van der Waals surface area (Å²) >= 11 is 0. The van der Waals surface area contributed by atoms with Gasteiger partial charge in [0.25, 0.3) is 0 Å². The SMILES string of the molecule is C=C(C(C)C)C(C)NCCC. The maximum atomic E-state index is 4.04. The molecule has 66 valence electrons. The Bertz CT molecular complexity index is 116. The first-order chi connectivity index (χ1) is 5.09. The predicted octanol–water partition coefficient (Wildman–Crippen LogP) is 2.59. The average molecular weight is 155 g/mol. The molecule has 0 rings (SSSR count). The second-order valence-electron chi connectivity index (χ2n) is 3.41. The summed E-state index contributed by atoms with van der Waals surface area (Å²) in [5.74, 6) is 0.592. The van der Waals surface area contributed by atoms with Crippen LogP contribution in [0, 0.1) is 5.92 Å². The molecule has 1 unspecified atom stereocenters. The summed E-state index contributed by atoms with van der Waals surface area (Å²) in [5.41, 5.74) is 1.30. The van der Waals surface area contributed by atoms with Crippen LogP contribution in [0.1, 0.15) is 34.1 Å². The lowest BCUT2D eigenvalue weighted by Crippen LogP contribution is -2.29. The van der Waals surface area contributed by atoms with Crippen molar-refractivity contribution < 1.29 is 0 Å². The first kappa shape index (κ1) is 10.7. The first-order valence-corrected chi connectivity index (χ1v) is 4.51. The molecule has 0 saturated heterocycles. The van der Waals surface area contributed by atoms with Gasteiger partial charge in [-0.2, -0.15) is 0 Å². The zero-order valence-electron chi connectivity index (χ0n) is 8.28. The summed E-state index contributed by atoms with van der Waals surface area (Å²) in [6.45, 7) is 13.9. The quantitative estimate of drug-likeness (QED) is 0.602. The van der Waals surface area contributed by atoms with E-state index in [2.05, 4.69) is 39.6 Å². The maximum Gasteiger partial charge on any atom is 0.0250 e. The highest BCUT2D eigenvalue weighted by Crippen LogP contribution is 2.10. The van der Waals surface area contributed by atoms with Crippen molar-refractivity contribution in [1.29, 1.82) is 0 Å². The summed E-state index contributed by atoms with van der Waals surface area (Å²) in [7, 11) is 0. The van der Waals surface area contributed by atoms with Crippen molar-refractivity contribution in [1.82, 2.24) is 5.32 Å². The Balaban J connectivity index is 3.64. The molecule has 0 fully saturated rings. The average Bonchev–Trinajstić information content (AvgIpc) is 1.98. The zero-order chi connectivity index (χ0) is 8.85. The summed E-state index contributed by atoms with van der Waals surface area (Å²) in [6, 6.07) is 0.468. The fourth-order valence-electron chi connectivity index (χ4n) is 0.992. The van der Waals surface area contributed by atoms with Crippen molar-refractivity contribution in [3.8, 4) is 0 Å². The van der Waals surface area contributed by atoms with E-state index in [1.807, 2.05) is 0 Å². The van der Waals surface area contributed by atoms with Gasteiger partial charge in [-0.3, -0.25) is 0 Å². The van der Waals surface area contributed by atoms with E-state index < -0.39 is 0 Å². The van der Waals surface area contributed by atoms with Gasteiger partial charge in [-0.1, -0.05) is 32.9 Å². The van der Waals surface area contributed by atoms with Gasteiger partial charge in [0, 0.05) is 6.04 Å². The van der Waals surface area contributed by atoms with Gasteiger partial charge in [0.2, 0.25) is 0 Å². The van der Waals surface area contributed by atoms with Crippen molar-refractivity contribution in [2.45, 2.75) is 40.2 Å². The molecule has 11 heavy (non-hydrogen) atoms. The van der Waals surface area contributed by atoms with E-state index in [1.165, 1.54) is 12.0 Å². The van der Waals surface area contributed by atoms with Gasteiger partial charge in [0.15, 0.2) is 0 Å². The molecule has 0 aliphatic heterocycles. The molecule has 0 aromatic rings. The second-order valence-corrected chi connectivity index (χ2v) is 3.41. The Labute approximate surface area is 70.9 Å². The van der Waals surface area contributed by atoms with Crippen LogP contribution in [0.5, 0.6) is 0 Å². The van der Waals surface area contributed by atoms with E-state index in [0.717, 1.165) is 6.54 Å². The van der Waals surface area contributed by atoms with Crippen LogP contribution in [0.3, 0.4) is 0 Å². The molecule has 1 atom stereocenters. The van der Waals surface area contributed by atoms with Gasteiger partial charge in [-0.05, 0) is 25.8 Å². The standard InChI is InChI=1S/C10H21N/c1-6-7-11-10(5)9(4)8(2)3/h8,10-11H,4,6-7H2,1-3,5H3. The smallest absolute Gasteiger partial charge is 0.0250 e. The zero-order valence-corrected chi connectivity index (χ0v) is 8.28. The molecule has 1 nitrogen and oxygen atoms in total. The van der Waals surface area contributed by atoms with Crippen LogP contribution in [0.4, 0.5) is 0 Å². The molecule has 0 aromatic heterocycles. The number of hydrogen-bond acceptors (Lipinski definition) is 1. The molecule has 1 N–H and O–H groups in total. The third-order valence-electron chi connectivity index (χ3n) is 2.00. The van der Waals surface area contributed by atoms with Crippen LogP contribution >= 0.6 is 0 Å². The molecule has 0 spiro atoms. The van der Waals surface area contributed by atoms with Crippen molar-refractivity contribution in [2.24, 2.45) is 5.92 Å². The Hall–Kier alpha value is -0.300. The highest BCUT2D eigenvalue weighted by molar-refractivity contribution is 5.05. The Kier molecular flexibility index (Phi) is 5.22. The summed E-state index contributed by atoms with van der Waals surface area (Å²) in [5, 5.41) is 3.41. The molecule has 0 radical (unpaired) electrons. The predicted molar refractivity (Wildman–Crippen MR) is 51.7 cm³/mol. The summed E-state index contributed by atoms with van der Waals surface area (Å²) in [6.07, 6.45) is 1.19. The molecule has 0 bridgehead atoms. The van der Waals surface area contributed by atoms with E-state index in [0.29, 0.717) is 12.0 Å². The topological polar surface area (TPSA) is 12.0 Å². The van der Waals surface area contributed by atoms with E-state index >= 15 is 0 Å². The van der Waals surface area contributed by atoms with Crippen LogP contribution in [0.15, 0.2) is 12.2 Å². The van der Waals surface area contributed by atoms with Crippen molar-refractivity contribution in [3.63, 3.8) is 0 Å². The Morgan fingerprint density at radius 3 is 2.27 bits per heavy atom. The van der Waals surface area contributed by atoms with Gasteiger partial charge in [0.05, 0.1) is 0 Å². The Morgan fingerprint density at radius 1 is 1.36 bits per heavy atom. The third-order valence-corrected chi connectivity index (χ3v) is 2.00. The molecule has 0 aromatic carbocycles. The Morgan fingerprint density at radius 2 is 1.91 bits per heavy atom. The normalized spacial score (nSPS) is 13.5. The van der Waals surface area contributed by atoms with Crippen LogP contribution in [0.25, 0.3) is 0 Å². The van der Waals surface area contributed by atoms with Crippen molar-refractivity contribution >= 4 is 0 Å². The number of nitrogens with one attached hydrogen (secondary N) is 1. The lowest BCUT2D eigenvalue weighted by atomic mass is 9.99. The van der Waals surface area contributed by atoms with E-state index in [1.54, 1.807) is 0 Å². The van der Waals surface area contributed by atoms with Gasteiger partial charge in [-0.25, -0.2) is 0 Å². The number of rotatable bonds is 5. The van der Waals surface area contributed by atoms with E-state index in [4.69, 9.17) is 0 Å². The van der Waals surface area contributed by atoms with E-state index in [-0.39, 0.29) is 0 Å². The fraction of sp³-hybridized carbons (Fsp3) is 0.800. The highest BCUT2D eigenvalue weighted by Gasteiger charge is 2.07. The molecular formula is C10H21N. The van der Waals surface area contributed by atoms with Gasteiger partial charge in [-0.15, -0.1) is 0 Å². The third kappa shape index (κ3) is 4.20. The summed E-state index contributed by atoms with van der Waals surface area (Å²) < 4.78 is 0. The van der Waals surface area contributed by atoms with Gasteiger partial charge >= 0.3 is 0 Å². The molecule has 0 heterocycles. The molecule has 0 aliphatic carbocycles. The molecule has 0 aliphatic rings.